The standard InChI is InChI=1S/C48H57N18O8/c1-60(2)18-11-15-50-43(70)34-20-30(24-62(34)4)54-47(74)39-57-37(27-65(39)7)58-44(71)35-21-29(23-63(35)5)52-42(69)32(55-40(67)28-12-9-10-13-28)14-16-51-41(68)33-26-66(8)48(56-33)59-45(72)36-22-31(25-64(36)6)53-46(73)38-49-17-19-61(38)3/h9-10,12-13,17,19-27,32H,11,14-16,18H2,1-8H3,(H,50,70)(H,51,68)(H,52,69)(H,53,73)(H,54,74)(H,55,67)(H,58,71)(H,56,59,72). The van der Waals surface area contributed by atoms with E-state index in [1.165, 1.54) is 55.2 Å². The average molecular weight is 1010 g/mol. The van der Waals surface area contributed by atoms with Crippen molar-refractivity contribution in [3.8, 4) is 0 Å². The van der Waals surface area contributed by atoms with E-state index in [0.717, 1.165) is 13.0 Å². The highest BCUT2D eigenvalue weighted by atomic mass is 16.2. The zero-order chi connectivity index (χ0) is 53.4. The van der Waals surface area contributed by atoms with Crippen molar-refractivity contribution in [1.29, 1.82) is 0 Å². The first-order valence-corrected chi connectivity index (χ1v) is 23.1. The monoisotopic (exact) mass is 1010 g/mol. The van der Waals surface area contributed by atoms with Crippen molar-refractivity contribution in [2.24, 2.45) is 42.3 Å². The summed E-state index contributed by atoms with van der Waals surface area (Å²) < 4.78 is 9.02. The number of amides is 8. The maximum absolute atomic E-state index is 13.8. The van der Waals surface area contributed by atoms with Crippen molar-refractivity contribution in [2.45, 2.75) is 18.9 Å². The molecule has 0 bridgehead atoms. The molecule has 1 aliphatic rings. The lowest BCUT2D eigenvalue weighted by atomic mass is 10.1. The van der Waals surface area contributed by atoms with Gasteiger partial charge in [-0.2, -0.15) is 0 Å². The molecule has 0 saturated heterocycles. The lowest BCUT2D eigenvalue weighted by Crippen LogP contribution is -2.47. The molecule has 0 spiro atoms. The number of rotatable bonds is 21. The summed E-state index contributed by atoms with van der Waals surface area (Å²) in [6.07, 6.45) is 17.9. The molecule has 7 rings (SSSR count). The second-order valence-electron chi connectivity index (χ2n) is 17.6. The van der Waals surface area contributed by atoms with Crippen LogP contribution < -0.4 is 42.5 Å². The van der Waals surface area contributed by atoms with Crippen molar-refractivity contribution in [1.82, 2.24) is 63.2 Å². The predicted molar refractivity (Wildman–Crippen MR) is 271 cm³/mol. The molecule has 26 nitrogen and oxygen atoms in total. The van der Waals surface area contributed by atoms with E-state index >= 15 is 0 Å². The largest absolute Gasteiger partial charge is 0.351 e. The molecule has 1 atom stereocenters. The van der Waals surface area contributed by atoms with Gasteiger partial charge in [0.05, 0.1) is 23.0 Å². The van der Waals surface area contributed by atoms with Gasteiger partial charge < -0.3 is 69.5 Å². The molecule has 387 valence electrons. The van der Waals surface area contributed by atoms with Crippen molar-refractivity contribution in [3.63, 3.8) is 0 Å². The molecule has 1 unspecified atom stereocenters. The van der Waals surface area contributed by atoms with E-state index in [0.29, 0.717) is 29.5 Å². The van der Waals surface area contributed by atoms with Gasteiger partial charge in [-0.15, -0.1) is 0 Å². The average Bonchev–Trinajstić information content (AvgIpc) is 4.22. The number of hydrogen-bond acceptors (Lipinski definition) is 12. The van der Waals surface area contributed by atoms with Crippen LogP contribution >= 0.6 is 0 Å². The number of hydrogen-bond donors (Lipinski definition) is 8. The minimum absolute atomic E-state index is 0.0245. The van der Waals surface area contributed by atoms with Crippen LogP contribution in [0.2, 0.25) is 0 Å². The Morgan fingerprint density at radius 1 is 0.554 bits per heavy atom. The maximum atomic E-state index is 13.8. The summed E-state index contributed by atoms with van der Waals surface area (Å²) in [4.78, 5) is 120. The molecule has 26 heteroatoms. The lowest BCUT2D eigenvalue weighted by molar-refractivity contribution is -0.125. The number of aromatic nitrogens is 9. The van der Waals surface area contributed by atoms with Gasteiger partial charge >= 0.3 is 0 Å². The van der Waals surface area contributed by atoms with Gasteiger partial charge in [-0.3, -0.25) is 43.7 Å². The van der Waals surface area contributed by atoms with Gasteiger partial charge in [-0.25, -0.2) is 15.0 Å². The van der Waals surface area contributed by atoms with E-state index in [-0.39, 0.29) is 65.1 Å². The van der Waals surface area contributed by atoms with Crippen molar-refractivity contribution in [3.05, 3.63) is 128 Å². The van der Waals surface area contributed by atoms with Gasteiger partial charge in [0.25, 0.3) is 35.4 Å². The van der Waals surface area contributed by atoms with Crippen LogP contribution in [0.1, 0.15) is 76.0 Å². The van der Waals surface area contributed by atoms with E-state index < -0.39 is 47.4 Å². The normalized spacial score (nSPS) is 12.8. The molecular weight excluding hydrogens is 957 g/mol. The van der Waals surface area contributed by atoms with E-state index in [4.69, 9.17) is 0 Å². The molecule has 8 N–H and O–H groups in total. The number of carbonyl (C=O) groups excluding carboxylic acids is 8. The molecule has 1 saturated carbocycles. The Labute approximate surface area is 425 Å². The van der Waals surface area contributed by atoms with Gasteiger partial charge in [-0.05, 0) is 77.4 Å². The predicted octanol–water partition coefficient (Wildman–Crippen LogP) is 1.24. The molecular formula is C48H57N18O8. The number of anilines is 5. The molecule has 74 heavy (non-hydrogen) atoms. The molecule has 6 aromatic heterocycles. The topological polar surface area (TPSA) is 304 Å². The SMILES string of the molecule is CN(C)CCCNC(=O)c1cc(NC(=O)c2nc(NC(=O)c3cc(NC(=O)C(CCNC(=O)c4cn(C)c(NC(=O)c5cc(NC(=O)c6nccn6C)cn5C)n4)NC(=O)[C]4[CH][CH][CH][CH]4)cn3C)cn2C)cn1C. The summed E-state index contributed by atoms with van der Waals surface area (Å²) in [6, 6.07) is 3.28. The Kier molecular flexibility index (Phi) is 16.6. The van der Waals surface area contributed by atoms with Crippen LogP contribution in [0.25, 0.3) is 0 Å². The van der Waals surface area contributed by atoms with Gasteiger partial charge in [0, 0.05) is 98.8 Å². The maximum Gasteiger partial charge on any atom is 0.291 e. The number of nitrogens with zero attached hydrogens (tertiary/aromatic N) is 10. The first kappa shape index (κ1) is 53.0. The van der Waals surface area contributed by atoms with Crippen LogP contribution in [0.4, 0.5) is 28.8 Å². The van der Waals surface area contributed by atoms with Crippen molar-refractivity contribution >= 4 is 76.1 Å². The molecule has 6 aromatic rings. The second-order valence-corrected chi connectivity index (χ2v) is 17.6. The van der Waals surface area contributed by atoms with Crippen LogP contribution in [-0.2, 0) is 51.9 Å². The fraction of sp³-hybridized carbons (Fsp3) is 0.292. The molecule has 5 radical (unpaired) electrons. The fourth-order valence-corrected chi connectivity index (χ4v) is 7.68. The molecule has 0 aliphatic heterocycles. The van der Waals surface area contributed by atoms with Crippen LogP contribution in [0, 0.1) is 31.6 Å². The minimum Gasteiger partial charge on any atom is -0.351 e. The Bertz CT molecular complexity index is 3090. The van der Waals surface area contributed by atoms with Gasteiger partial charge in [0.2, 0.25) is 23.6 Å². The van der Waals surface area contributed by atoms with Gasteiger partial charge in [-0.1, -0.05) is 0 Å². The van der Waals surface area contributed by atoms with Gasteiger partial charge in [0.15, 0.2) is 11.6 Å². The van der Waals surface area contributed by atoms with Crippen molar-refractivity contribution in [2.75, 3.05) is 60.3 Å². The van der Waals surface area contributed by atoms with Gasteiger partial charge in [0.1, 0.15) is 28.8 Å². The number of imidazole rings is 3. The Balaban J connectivity index is 0.933. The Hall–Kier alpha value is -8.81. The number of nitrogens with one attached hydrogen (secondary N) is 8. The van der Waals surface area contributed by atoms with E-state index in [1.54, 1.807) is 102 Å². The molecule has 6 heterocycles. The molecule has 8 amide bonds. The summed E-state index contributed by atoms with van der Waals surface area (Å²) in [6.45, 7) is 1.21. The summed E-state index contributed by atoms with van der Waals surface area (Å²) in [5.41, 5.74) is 1.56. The highest BCUT2D eigenvalue weighted by molar-refractivity contribution is 6.08. The number of aryl methyl sites for hydroxylation is 6. The van der Waals surface area contributed by atoms with Crippen LogP contribution in [0.15, 0.2) is 61.6 Å². The lowest BCUT2D eigenvalue weighted by Gasteiger charge is -2.20. The van der Waals surface area contributed by atoms with E-state index in [2.05, 4.69) is 57.5 Å². The van der Waals surface area contributed by atoms with Crippen LogP contribution in [-0.4, -0.2) is 134 Å². The summed E-state index contributed by atoms with van der Waals surface area (Å²) in [7, 11) is 13.7. The highest BCUT2D eigenvalue weighted by Crippen LogP contribution is 2.24. The highest BCUT2D eigenvalue weighted by Gasteiger charge is 2.30. The summed E-state index contributed by atoms with van der Waals surface area (Å²) in [5.74, 6) is -3.73. The Morgan fingerprint density at radius 2 is 1.12 bits per heavy atom. The number of carbonyl (C=O) groups is 8. The fourth-order valence-electron chi connectivity index (χ4n) is 7.68. The molecule has 1 fully saturated rings. The zero-order valence-electron chi connectivity index (χ0n) is 41.9. The third kappa shape index (κ3) is 13.0. The second kappa shape index (κ2) is 23.2. The van der Waals surface area contributed by atoms with E-state index in [9.17, 15) is 38.4 Å². The smallest absolute Gasteiger partial charge is 0.291 e. The summed E-state index contributed by atoms with van der Waals surface area (Å²) in [5, 5.41) is 21.8. The first-order chi connectivity index (χ1) is 35.2. The molecule has 1 aliphatic carbocycles. The van der Waals surface area contributed by atoms with Crippen LogP contribution in [0.3, 0.4) is 0 Å². The van der Waals surface area contributed by atoms with Crippen LogP contribution in [0.5, 0.6) is 0 Å². The quantitative estimate of drug-likeness (QED) is 0.0473. The first-order valence-electron chi connectivity index (χ1n) is 23.1. The minimum atomic E-state index is -1.17. The van der Waals surface area contributed by atoms with E-state index in [1.807, 2.05) is 19.0 Å². The van der Waals surface area contributed by atoms with Crippen molar-refractivity contribution < 1.29 is 38.4 Å². The summed E-state index contributed by atoms with van der Waals surface area (Å²) >= 11 is 0. The zero-order valence-corrected chi connectivity index (χ0v) is 41.9. The third-order valence-electron chi connectivity index (χ3n) is 11.5. The Morgan fingerprint density at radius 3 is 1.72 bits per heavy atom. The third-order valence-corrected chi connectivity index (χ3v) is 11.5. The molecule has 0 aromatic carbocycles.